The third-order valence-electron chi connectivity index (χ3n) is 2.67. The maximum Gasteiger partial charge on any atom is 0.430 e. The molecule has 1 heterocycles. The number of hydrazine groups is 1. The number of amides is 1. The smallest absolute Gasteiger partial charge is 0.430 e. The molecule has 1 aromatic heterocycles. The molecule has 0 aliphatic carbocycles. The number of carbonyl (C=O) groups excluding carboxylic acids is 1. The van der Waals surface area contributed by atoms with Crippen molar-refractivity contribution in [1.29, 1.82) is 0 Å². The molecule has 116 valence electrons. The predicted octanol–water partition coefficient (Wildman–Crippen LogP) is 0.807. The van der Waals surface area contributed by atoms with E-state index in [4.69, 9.17) is 5.84 Å². The fourth-order valence-electron chi connectivity index (χ4n) is 1.75. The fraction of sp³-hybridized carbons (Fsp3) is 0.182. The second kappa shape index (κ2) is 5.73. The highest BCUT2D eigenvalue weighted by Gasteiger charge is 2.22. The first-order valence-electron chi connectivity index (χ1n) is 5.94. The highest BCUT2D eigenvalue weighted by Crippen LogP contribution is 2.27. The number of carbonyl (C=O) groups is 1. The number of ether oxygens (including phenoxy) is 1. The summed E-state index contributed by atoms with van der Waals surface area (Å²) in [6.45, 7) is 1.56. The molecule has 0 saturated heterocycles. The van der Waals surface area contributed by atoms with Gasteiger partial charge in [-0.1, -0.05) is 0 Å². The Bertz CT molecular complexity index is 820. The summed E-state index contributed by atoms with van der Waals surface area (Å²) in [5.41, 5.74) is -1.84. The van der Waals surface area contributed by atoms with E-state index in [1.165, 1.54) is 6.92 Å². The molecule has 22 heavy (non-hydrogen) atoms. The van der Waals surface area contributed by atoms with Gasteiger partial charge in [0.1, 0.15) is 0 Å². The number of hydrogen-bond donors (Lipinski definition) is 2. The van der Waals surface area contributed by atoms with Gasteiger partial charge < -0.3 is 9.72 Å². The number of benzene rings is 1. The van der Waals surface area contributed by atoms with Crippen LogP contribution in [0.2, 0.25) is 0 Å². The summed E-state index contributed by atoms with van der Waals surface area (Å²) < 4.78 is 18.4. The molecular formula is C11H10FN5O5. The first kappa shape index (κ1) is 15.3. The van der Waals surface area contributed by atoms with Crippen LogP contribution < -0.4 is 16.5 Å². The number of rotatable bonds is 3. The maximum atomic E-state index is 13.7. The SMILES string of the molecule is CCOC(=O)N(N)c1nc(=O)[nH]c2cc([N+](=O)[O-])c(F)cc12. The quantitative estimate of drug-likeness (QED) is 0.369. The molecule has 1 aromatic carbocycles. The van der Waals surface area contributed by atoms with Crippen molar-refractivity contribution in [2.75, 3.05) is 11.6 Å². The number of nitrogens with one attached hydrogen (secondary N) is 1. The third-order valence-corrected chi connectivity index (χ3v) is 2.67. The Labute approximate surface area is 121 Å². The summed E-state index contributed by atoms with van der Waals surface area (Å²) in [5, 5.41) is 11.0. The number of nitro benzene ring substituents is 1. The van der Waals surface area contributed by atoms with Gasteiger partial charge in [-0.2, -0.15) is 14.4 Å². The molecule has 0 unspecified atom stereocenters. The van der Waals surface area contributed by atoms with Gasteiger partial charge in [0.15, 0.2) is 5.82 Å². The molecule has 0 aliphatic heterocycles. The second-order valence-electron chi connectivity index (χ2n) is 4.04. The molecule has 0 saturated carbocycles. The molecule has 0 spiro atoms. The summed E-state index contributed by atoms with van der Waals surface area (Å²) in [4.78, 5) is 38.5. The molecule has 0 aliphatic rings. The average molecular weight is 311 g/mol. The fourth-order valence-corrected chi connectivity index (χ4v) is 1.75. The zero-order valence-electron chi connectivity index (χ0n) is 11.2. The van der Waals surface area contributed by atoms with E-state index in [-0.39, 0.29) is 23.3 Å². The highest BCUT2D eigenvalue weighted by molar-refractivity contribution is 5.98. The van der Waals surface area contributed by atoms with Gasteiger partial charge in [-0.3, -0.25) is 10.1 Å². The largest absolute Gasteiger partial charge is 0.448 e. The number of aromatic nitrogens is 2. The van der Waals surface area contributed by atoms with Crippen molar-refractivity contribution in [3.05, 3.63) is 38.5 Å². The van der Waals surface area contributed by atoms with Crippen LogP contribution in [0.3, 0.4) is 0 Å². The van der Waals surface area contributed by atoms with Gasteiger partial charge in [0.25, 0.3) is 0 Å². The van der Waals surface area contributed by atoms with Gasteiger partial charge in [0.05, 0.1) is 17.0 Å². The van der Waals surface area contributed by atoms with Gasteiger partial charge in [0.2, 0.25) is 5.82 Å². The first-order chi connectivity index (χ1) is 10.3. The molecule has 0 fully saturated rings. The Balaban J connectivity index is 2.70. The van der Waals surface area contributed by atoms with Gasteiger partial charge in [-0.15, -0.1) is 0 Å². The average Bonchev–Trinajstić information content (AvgIpc) is 2.45. The van der Waals surface area contributed by atoms with E-state index >= 15 is 0 Å². The molecule has 0 bridgehead atoms. The zero-order valence-corrected chi connectivity index (χ0v) is 11.2. The number of anilines is 1. The molecule has 10 nitrogen and oxygen atoms in total. The number of H-pyrrole nitrogens is 1. The molecule has 2 rings (SSSR count). The van der Waals surface area contributed by atoms with Gasteiger partial charge >= 0.3 is 17.5 Å². The topological polar surface area (TPSA) is 144 Å². The van der Waals surface area contributed by atoms with E-state index in [1.807, 2.05) is 0 Å². The Morgan fingerprint density at radius 1 is 1.59 bits per heavy atom. The van der Waals surface area contributed by atoms with Crippen molar-refractivity contribution in [3.8, 4) is 0 Å². The summed E-state index contributed by atoms with van der Waals surface area (Å²) in [7, 11) is 0. The number of nitrogens with zero attached hydrogens (tertiary/aromatic N) is 3. The lowest BCUT2D eigenvalue weighted by Gasteiger charge is -2.16. The van der Waals surface area contributed by atoms with E-state index in [0.29, 0.717) is 5.01 Å². The summed E-state index contributed by atoms with van der Waals surface area (Å²) in [6, 6.07) is 1.57. The number of nitrogens with two attached hydrogens (primary N) is 1. The lowest BCUT2D eigenvalue weighted by molar-refractivity contribution is -0.387. The van der Waals surface area contributed by atoms with E-state index in [0.717, 1.165) is 12.1 Å². The monoisotopic (exact) mass is 311 g/mol. The van der Waals surface area contributed by atoms with Crippen molar-refractivity contribution >= 4 is 28.5 Å². The number of fused-ring (bicyclic) bond motifs is 1. The Kier molecular flexibility index (Phi) is 3.99. The van der Waals surface area contributed by atoms with Gasteiger partial charge in [-0.05, 0) is 13.0 Å². The first-order valence-corrected chi connectivity index (χ1v) is 5.94. The maximum absolute atomic E-state index is 13.7. The van der Waals surface area contributed by atoms with E-state index in [2.05, 4.69) is 14.7 Å². The van der Waals surface area contributed by atoms with Crippen LogP contribution in [0, 0.1) is 15.9 Å². The van der Waals surface area contributed by atoms with E-state index in [9.17, 15) is 24.1 Å². The Morgan fingerprint density at radius 3 is 2.86 bits per heavy atom. The number of halogens is 1. The van der Waals surface area contributed by atoms with E-state index < -0.39 is 28.2 Å². The van der Waals surface area contributed by atoms with Crippen LogP contribution in [0.5, 0.6) is 0 Å². The standard InChI is InChI=1S/C11H10FN5O5/c1-2-22-11(19)16(13)9-5-3-6(12)8(17(20)21)4-7(5)14-10(18)15-9/h3-4H,2,13H2,1H3,(H,14,15,18). The van der Waals surface area contributed by atoms with Crippen molar-refractivity contribution in [2.45, 2.75) is 6.92 Å². The minimum Gasteiger partial charge on any atom is -0.448 e. The minimum absolute atomic E-state index is 0.0213. The predicted molar refractivity (Wildman–Crippen MR) is 72.7 cm³/mol. The molecule has 11 heteroatoms. The molecule has 1 amide bonds. The molecule has 0 atom stereocenters. The van der Waals surface area contributed by atoms with Crippen molar-refractivity contribution in [1.82, 2.24) is 9.97 Å². The summed E-state index contributed by atoms with van der Waals surface area (Å²) >= 11 is 0. The van der Waals surface area contributed by atoms with Crippen LogP contribution in [0.4, 0.5) is 20.7 Å². The minimum atomic E-state index is -1.16. The van der Waals surface area contributed by atoms with Crippen molar-refractivity contribution in [2.24, 2.45) is 5.84 Å². The van der Waals surface area contributed by atoms with Crippen LogP contribution in [0.25, 0.3) is 10.9 Å². The number of aromatic amines is 1. The summed E-state index contributed by atoms with van der Waals surface area (Å²) in [5.74, 6) is 3.95. The number of hydrogen-bond acceptors (Lipinski definition) is 7. The van der Waals surface area contributed by atoms with Crippen LogP contribution >= 0.6 is 0 Å². The van der Waals surface area contributed by atoms with Crippen LogP contribution in [-0.4, -0.2) is 27.6 Å². The molecule has 3 N–H and O–H groups in total. The Morgan fingerprint density at radius 2 is 2.27 bits per heavy atom. The normalized spacial score (nSPS) is 10.5. The van der Waals surface area contributed by atoms with Gasteiger partial charge in [-0.25, -0.2) is 15.4 Å². The number of nitro groups is 1. The molecule has 0 radical (unpaired) electrons. The molecule has 2 aromatic rings. The lowest BCUT2D eigenvalue weighted by atomic mass is 10.2. The zero-order chi connectivity index (χ0) is 16.4. The third kappa shape index (κ3) is 2.69. The second-order valence-corrected chi connectivity index (χ2v) is 4.04. The van der Waals surface area contributed by atoms with Crippen LogP contribution in [0.1, 0.15) is 6.92 Å². The van der Waals surface area contributed by atoms with Crippen molar-refractivity contribution in [3.63, 3.8) is 0 Å². The lowest BCUT2D eigenvalue weighted by Crippen LogP contribution is -2.39. The highest BCUT2D eigenvalue weighted by atomic mass is 19.1. The van der Waals surface area contributed by atoms with Gasteiger partial charge in [0, 0.05) is 11.5 Å². The Hall–Kier alpha value is -3.08. The molecular weight excluding hydrogens is 301 g/mol. The summed E-state index contributed by atoms with van der Waals surface area (Å²) in [6.07, 6.45) is -1.01. The van der Waals surface area contributed by atoms with Crippen molar-refractivity contribution < 1.29 is 18.8 Å². The van der Waals surface area contributed by atoms with E-state index in [1.54, 1.807) is 0 Å². The van der Waals surface area contributed by atoms with Crippen LogP contribution in [0.15, 0.2) is 16.9 Å². The van der Waals surface area contributed by atoms with Crippen LogP contribution in [-0.2, 0) is 4.74 Å².